The first-order valence-electron chi connectivity index (χ1n) is 9.21. The summed E-state index contributed by atoms with van der Waals surface area (Å²) in [5.74, 6) is 0.0430. The van der Waals surface area contributed by atoms with Crippen molar-refractivity contribution in [2.45, 2.75) is 83.2 Å². The normalized spacial score (nSPS) is 25.2. The fraction of sp³-hybridized carbons (Fsp3) is 0.944. The van der Waals surface area contributed by atoms with E-state index in [0.29, 0.717) is 6.54 Å². The third-order valence-electron chi connectivity index (χ3n) is 5.26. The molecule has 0 aromatic rings. The van der Waals surface area contributed by atoms with Crippen molar-refractivity contribution < 1.29 is 14.0 Å². The van der Waals surface area contributed by atoms with E-state index in [4.69, 9.17) is 4.74 Å². The lowest BCUT2D eigenvalue weighted by molar-refractivity contribution is -0.907. The summed E-state index contributed by atoms with van der Waals surface area (Å²) < 4.78 is 6.73. The molecule has 2 rings (SSSR count). The average molecular weight is 296 g/mol. The number of piperidine rings is 1. The van der Waals surface area contributed by atoms with E-state index in [-0.39, 0.29) is 12.1 Å². The fourth-order valence-corrected chi connectivity index (χ4v) is 3.86. The summed E-state index contributed by atoms with van der Waals surface area (Å²) in [6.45, 7) is 2.86. The number of likely N-dealkylation sites (N-methyl/N-ethyl adjacent to an activating group) is 1. The molecular formula is C18H34NO2+. The molecule has 0 aromatic carbocycles. The number of carbonyl (C=O) groups excluding carboxylic acids is 1. The summed E-state index contributed by atoms with van der Waals surface area (Å²) in [6.07, 6.45) is 15.4. The number of carbonyl (C=O) groups is 1. The van der Waals surface area contributed by atoms with Crippen molar-refractivity contribution in [3.8, 4) is 0 Å². The van der Waals surface area contributed by atoms with Crippen LogP contribution in [0.25, 0.3) is 0 Å². The molecule has 0 unspecified atom stereocenters. The van der Waals surface area contributed by atoms with E-state index in [9.17, 15) is 4.79 Å². The zero-order valence-electron chi connectivity index (χ0n) is 13.9. The first-order chi connectivity index (χ1) is 10.2. The van der Waals surface area contributed by atoms with Gasteiger partial charge >= 0.3 is 5.97 Å². The molecule has 3 heteroatoms. The number of likely N-dealkylation sites (tertiary alicyclic amines) is 1. The van der Waals surface area contributed by atoms with Gasteiger partial charge in [-0.3, -0.25) is 0 Å². The second kappa shape index (κ2) is 8.77. The molecule has 0 bridgehead atoms. The lowest BCUT2D eigenvalue weighted by atomic mass is 9.99. The highest BCUT2D eigenvalue weighted by atomic mass is 16.5. The molecule has 2 aliphatic rings. The van der Waals surface area contributed by atoms with Gasteiger partial charge in [0.1, 0.15) is 6.10 Å². The highest BCUT2D eigenvalue weighted by Crippen LogP contribution is 2.20. The maximum Gasteiger partial charge on any atom is 0.362 e. The van der Waals surface area contributed by atoms with Gasteiger partial charge in [-0.15, -0.1) is 0 Å². The Morgan fingerprint density at radius 1 is 0.857 bits per heavy atom. The average Bonchev–Trinajstić information content (AvgIpc) is 2.46. The number of rotatable bonds is 3. The molecule has 0 amide bonds. The maximum atomic E-state index is 12.3. The number of ether oxygens (including phenoxy) is 1. The molecule has 1 saturated heterocycles. The van der Waals surface area contributed by atoms with Gasteiger partial charge in [-0.1, -0.05) is 32.1 Å². The van der Waals surface area contributed by atoms with Crippen LogP contribution in [0.1, 0.15) is 77.0 Å². The third-order valence-corrected chi connectivity index (χ3v) is 5.26. The Hall–Kier alpha value is -0.570. The Labute approximate surface area is 130 Å². The summed E-state index contributed by atoms with van der Waals surface area (Å²) in [4.78, 5) is 12.3. The van der Waals surface area contributed by atoms with Gasteiger partial charge in [0.15, 0.2) is 6.54 Å². The van der Waals surface area contributed by atoms with Gasteiger partial charge in [0.05, 0.1) is 20.1 Å². The third kappa shape index (κ3) is 6.37. The summed E-state index contributed by atoms with van der Waals surface area (Å²) in [6, 6.07) is 0. The van der Waals surface area contributed by atoms with E-state index in [1.165, 1.54) is 64.2 Å². The summed E-state index contributed by atoms with van der Waals surface area (Å²) in [7, 11) is 2.22. The van der Waals surface area contributed by atoms with Crippen LogP contribution in [0.2, 0.25) is 0 Å². The van der Waals surface area contributed by atoms with Gasteiger partial charge in [-0.25, -0.2) is 4.79 Å². The molecule has 0 aromatic heterocycles. The van der Waals surface area contributed by atoms with E-state index in [2.05, 4.69) is 7.05 Å². The molecule has 0 spiro atoms. The van der Waals surface area contributed by atoms with Crippen molar-refractivity contribution >= 4 is 5.97 Å². The monoisotopic (exact) mass is 296 g/mol. The lowest BCUT2D eigenvalue weighted by Gasteiger charge is -2.37. The van der Waals surface area contributed by atoms with Crippen LogP contribution >= 0.6 is 0 Å². The molecule has 122 valence electrons. The molecule has 0 N–H and O–H groups in total. The van der Waals surface area contributed by atoms with Gasteiger partial charge in [0.2, 0.25) is 0 Å². The first-order valence-corrected chi connectivity index (χ1v) is 9.21. The van der Waals surface area contributed by atoms with Crippen LogP contribution in [0.15, 0.2) is 0 Å². The quantitative estimate of drug-likeness (QED) is 0.580. The summed E-state index contributed by atoms with van der Waals surface area (Å²) >= 11 is 0. The molecule has 0 atom stereocenters. The van der Waals surface area contributed by atoms with Crippen molar-refractivity contribution in [2.75, 3.05) is 26.7 Å². The Kier molecular flexibility index (Phi) is 7.01. The predicted octanol–water partition coefficient (Wildman–Crippen LogP) is 4.05. The predicted molar refractivity (Wildman–Crippen MR) is 86.1 cm³/mol. The Morgan fingerprint density at radius 3 is 1.90 bits per heavy atom. The maximum absolute atomic E-state index is 12.3. The number of quaternary nitrogens is 1. The second-order valence-electron chi connectivity index (χ2n) is 7.45. The molecule has 0 radical (unpaired) electrons. The van der Waals surface area contributed by atoms with E-state index >= 15 is 0 Å². The molecule has 1 aliphatic heterocycles. The standard InChI is InChI=1S/C18H34NO2/c1-19(14-10-7-11-15-19)16-18(20)21-17-12-8-5-3-2-4-6-9-13-17/h17H,2-16H2,1H3/q+1. The topological polar surface area (TPSA) is 26.3 Å². The summed E-state index contributed by atoms with van der Waals surface area (Å²) in [5.41, 5.74) is 0. The minimum absolute atomic E-state index is 0.0430. The van der Waals surface area contributed by atoms with Crippen molar-refractivity contribution in [3.63, 3.8) is 0 Å². The highest BCUT2D eigenvalue weighted by molar-refractivity contribution is 5.70. The van der Waals surface area contributed by atoms with E-state index in [1.54, 1.807) is 0 Å². The zero-order valence-corrected chi connectivity index (χ0v) is 13.9. The number of nitrogens with zero attached hydrogens (tertiary/aromatic N) is 1. The summed E-state index contributed by atoms with van der Waals surface area (Å²) in [5, 5.41) is 0. The number of hydrogen-bond acceptors (Lipinski definition) is 2. The fourth-order valence-electron chi connectivity index (χ4n) is 3.86. The van der Waals surface area contributed by atoms with Crippen LogP contribution in [0, 0.1) is 0 Å². The van der Waals surface area contributed by atoms with Crippen LogP contribution < -0.4 is 0 Å². The number of esters is 1. The second-order valence-corrected chi connectivity index (χ2v) is 7.45. The molecule has 1 saturated carbocycles. The Bertz CT molecular complexity index is 300. The van der Waals surface area contributed by atoms with Crippen molar-refractivity contribution in [3.05, 3.63) is 0 Å². The SMILES string of the molecule is C[N+]1(CC(=O)OC2CCCCCCCCC2)CCCCC1. The smallest absolute Gasteiger partial charge is 0.362 e. The van der Waals surface area contributed by atoms with Crippen LogP contribution in [0.3, 0.4) is 0 Å². The van der Waals surface area contributed by atoms with Gasteiger partial charge in [0.25, 0.3) is 0 Å². The number of hydrogen-bond donors (Lipinski definition) is 0. The van der Waals surface area contributed by atoms with Gasteiger partial charge in [0, 0.05) is 0 Å². The lowest BCUT2D eigenvalue weighted by Crippen LogP contribution is -2.51. The molecule has 3 nitrogen and oxygen atoms in total. The molecule has 1 heterocycles. The van der Waals surface area contributed by atoms with Gasteiger partial charge in [-0.2, -0.15) is 0 Å². The molecule has 1 aliphatic carbocycles. The molecule has 2 fully saturated rings. The van der Waals surface area contributed by atoms with Crippen LogP contribution in [-0.2, 0) is 9.53 Å². The first kappa shape index (κ1) is 16.8. The van der Waals surface area contributed by atoms with Crippen molar-refractivity contribution in [1.82, 2.24) is 0 Å². The van der Waals surface area contributed by atoms with Crippen LogP contribution in [0.5, 0.6) is 0 Å². The van der Waals surface area contributed by atoms with Gasteiger partial charge in [-0.05, 0) is 44.9 Å². The minimum Gasteiger partial charge on any atom is -0.458 e. The Balaban J connectivity index is 1.76. The van der Waals surface area contributed by atoms with Gasteiger partial charge < -0.3 is 9.22 Å². The minimum atomic E-state index is 0.0430. The Morgan fingerprint density at radius 2 is 1.33 bits per heavy atom. The van der Waals surface area contributed by atoms with Crippen molar-refractivity contribution in [2.24, 2.45) is 0 Å². The molecule has 21 heavy (non-hydrogen) atoms. The van der Waals surface area contributed by atoms with Crippen LogP contribution in [0.4, 0.5) is 0 Å². The van der Waals surface area contributed by atoms with E-state index in [0.717, 1.165) is 30.4 Å². The van der Waals surface area contributed by atoms with Crippen LogP contribution in [-0.4, -0.2) is 43.2 Å². The van der Waals surface area contributed by atoms with E-state index < -0.39 is 0 Å². The molecular weight excluding hydrogens is 262 g/mol. The van der Waals surface area contributed by atoms with Crippen molar-refractivity contribution in [1.29, 1.82) is 0 Å². The zero-order chi connectivity index (χ0) is 15.0. The highest BCUT2D eigenvalue weighted by Gasteiger charge is 2.29. The van der Waals surface area contributed by atoms with E-state index in [1.807, 2.05) is 0 Å². The largest absolute Gasteiger partial charge is 0.458 e.